The number of nitrogens with zero attached hydrogens (tertiary/aromatic N) is 3. The Morgan fingerprint density at radius 3 is 2.75 bits per heavy atom. The maximum atomic E-state index is 11.7. The largest absolute Gasteiger partial charge is 0.462 e. The third-order valence-electron chi connectivity index (χ3n) is 2.33. The molecule has 2 rings (SSSR count). The first kappa shape index (κ1) is 14.2. The summed E-state index contributed by atoms with van der Waals surface area (Å²) in [5, 5.41) is 8.31. The number of esters is 1. The minimum Gasteiger partial charge on any atom is -0.462 e. The van der Waals surface area contributed by atoms with Crippen LogP contribution in [0.25, 0.3) is 5.82 Å². The van der Waals surface area contributed by atoms with Crippen LogP contribution in [0, 0.1) is 0 Å². The number of hydrogen-bond acceptors (Lipinski definition) is 6. The molecule has 0 radical (unpaired) electrons. The monoisotopic (exact) mass is 296 g/mol. The number of rotatable bonds is 4. The Bertz CT molecular complexity index is 724. The molecule has 20 heavy (non-hydrogen) atoms. The summed E-state index contributed by atoms with van der Waals surface area (Å²) >= 11 is 0. The van der Waals surface area contributed by atoms with E-state index in [1.807, 2.05) is 0 Å². The second-order valence-corrected chi connectivity index (χ2v) is 5.22. The van der Waals surface area contributed by atoms with Crippen LogP contribution in [0.3, 0.4) is 0 Å². The number of aromatic nitrogens is 3. The summed E-state index contributed by atoms with van der Waals surface area (Å²) in [6.45, 7) is 1.72. The first-order valence-corrected chi connectivity index (χ1v) is 7.19. The Morgan fingerprint density at radius 2 is 2.20 bits per heavy atom. The summed E-state index contributed by atoms with van der Waals surface area (Å²) in [5.41, 5.74) is -0.222. The van der Waals surface area contributed by atoms with Gasteiger partial charge in [-0.15, -0.1) is 0 Å². The fourth-order valence-electron chi connectivity index (χ4n) is 1.52. The van der Waals surface area contributed by atoms with Gasteiger partial charge in [0.25, 0.3) is 10.0 Å². The smallest absolute Gasteiger partial charge is 0.342 e. The highest BCUT2D eigenvalue weighted by atomic mass is 32.2. The number of carbonyl (C=O) groups excluding carboxylic acids is 1. The predicted molar refractivity (Wildman–Crippen MR) is 68.7 cm³/mol. The lowest BCUT2D eigenvalue weighted by Crippen LogP contribution is -2.17. The number of sulfonamides is 1. The molecular formula is C11H12N4O4S. The second kappa shape index (κ2) is 5.39. The van der Waals surface area contributed by atoms with Crippen molar-refractivity contribution in [1.29, 1.82) is 0 Å². The molecule has 0 spiro atoms. The van der Waals surface area contributed by atoms with Crippen LogP contribution in [-0.4, -0.2) is 35.8 Å². The predicted octanol–water partition coefficient (Wildman–Crippen LogP) is 0.0914. The Labute approximate surface area is 115 Å². The Balaban J connectivity index is 2.56. The zero-order valence-electron chi connectivity index (χ0n) is 10.6. The minimum absolute atomic E-state index is 0.109. The topological polar surface area (TPSA) is 117 Å². The maximum absolute atomic E-state index is 11.7. The fraction of sp³-hybridized carbons (Fsp3) is 0.182. The van der Waals surface area contributed by atoms with E-state index < -0.39 is 21.0 Å². The molecule has 0 bridgehead atoms. The van der Waals surface area contributed by atoms with Crippen molar-refractivity contribution in [2.45, 2.75) is 11.9 Å². The molecule has 2 aromatic heterocycles. The molecule has 2 heterocycles. The van der Waals surface area contributed by atoms with Crippen LogP contribution in [0.4, 0.5) is 0 Å². The number of carbonyl (C=O) groups is 1. The standard InChI is InChI=1S/C11H12N4O4S/c1-2-19-11(16)8-7-15(9-5-3-4-6-13-9)14-10(8)20(12,17)18/h3-7H,2H2,1H3,(H2,12,17,18). The van der Waals surface area contributed by atoms with Gasteiger partial charge in [0.2, 0.25) is 5.03 Å². The van der Waals surface area contributed by atoms with Gasteiger partial charge in [0.05, 0.1) is 6.61 Å². The van der Waals surface area contributed by atoms with Crippen LogP contribution in [0.2, 0.25) is 0 Å². The van der Waals surface area contributed by atoms with Gasteiger partial charge in [-0.3, -0.25) is 0 Å². The molecule has 2 N–H and O–H groups in total. The van der Waals surface area contributed by atoms with Crippen molar-refractivity contribution in [2.75, 3.05) is 6.61 Å². The summed E-state index contributed by atoms with van der Waals surface area (Å²) in [5.74, 6) is -0.452. The molecule has 0 atom stereocenters. The van der Waals surface area contributed by atoms with E-state index in [-0.39, 0.29) is 12.2 Å². The van der Waals surface area contributed by atoms with Gasteiger partial charge < -0.3 is 4.74 Å². The highest BCUT2D eigenvalue weighted by Gasteiger charge is 2.25. The number of pyridine rings is 1. The number of ether oxygens (including phenoxy) is 1. The van der Waals surface area contributed by atoms with E-state index >= 15 is 0 Å². The van der Waals surface area contributed by atoms with Gasteiger partial charge in [-0.2, -0.15) is 5.10 Å². The lowest BCUT2D eigenvalue weighted by Gasteiger charge is -1.99. The third kappa shape index (κ3) is 2.83. The minimum atomic E-state index is -4.14. The number of nitrogens with two attached hydrogens (primary N) is 1. The van der Waals surface area contributed by atoms with Crippen molar-refractivity contribution in [2.24, 2.45) is 5.14 Å². The fourth-order valence-corrected chi connectivity index (χ4v) is 2.17. The Hall–Kier alpha value is -2.26. The Kier molecular flexibility index (Phi) is 3.81. The summed E-state index contributed by atoms with van der Waals surface area (Å²) < 4.78 is 28.9. The summed E-state index contributed by atoms with van der Waals surface area (Å²) in [4.78, 5) is 15.7. The van der Waals surface area contributed by atoms with E-state index in [0.29, 0.717) is 5.82 Å². The molecule has 9 heteroatoms. The van der Waals surface area contributed by atoms with Crippen LogP contribution in [0.15, 0.2) is 35.6 Å². The molecule has 0 fully saturated rings. The van der Waals surface area contributed by atoms with Crippen LogP contribution in [0.5, 0.6) is 0 Å². The molecule has 0 aliphatic rings. The molecule has 0 aromatic carbocycles. The molecule has 0 unspecified atom stereocenters. The zero-order valence-corrected chi connectivity index (χ0v) is 11.4. The van der Waals surface area contributed by atoms with Crippen molar-refractivity contribution in [3.05, 3.63) is 36.2 Å². The van der Waals surface area contributed by atoms with Crippen LogP contribution < -0.4 is 5.14 Å². The molecular weight excluding hydrogens is 284 g/mol. The second-order valence-electron chi connectivity index (χ2n) is 3.75. The van der Waals surface area contributed by atoms with Gasteiger partial charge in [-0.05, 0) is 19.1 Å². The van der Waals surface area contributed by atoms with E-state index in [1.54, 1.807) is 25.1 Å². The van der Waals surface area contributed by atoms with E-state index in [1.165, 1.54) is 12.4 Å². The van der Waals surface area contributed by atoms with Crippen molar-refractivity contribution in [1.82, 2.24) is 14.8 Å². The highest BCUT2D eigenvalue weighted by Crippen LogP contribution is 2.16. The van der Waals surface area contributed by atoms with Crippen molar-refractivity contribution >= 4 is 16.0 Å². The zero-order chi connectivity index (χ0) is 14.8. The van der Waals surface area contributed by atoms with Crippen LogP contribution >= 0.6 is 0 Å². The summed E-state index contributed by atoms with van der Waals surface area (Å²) in [7, 11) is -4.14. The van der Waals surface area contributed by atoms with Crippen LogP contribution in [0.1, 0.15) is 17.3 Å². The summed E-state index contributed by atoms with van der Waals surface area (Å²) in [6.07, 6.45) is 2.73. The van der Waals surface area contributed by atoms with Gasteiger partial charge in [-0.25, -0.2) is 28.0 Å². The molecule has 0 saturated heterocycles. The molecule has 0 saturated carbocycles. The van der Waals surface area contributed by atoms with Gasteiger partial charge in [0.1, 0.15) is 5.56 Å². The van der Waals surface area contributed by atoms with Crippen LogP contribution in [-0.2, 0) is 14.8 Å². The quantitative estimate of drug-likeness (QED) is 0.799. The van der Waals surface area contributed by atoms with Gasteiger partial charge in [0, 0.05) is 12.4 Å². The van der Waals surface area contributed by atoms with E-state index in [0.717, 1.165) is 4.68 Å². The third-order valence-corrected chi connectivity index (χ3v) is 3.17. The number of hydrogen-bond donors (Lipinski definition) is 1. The molecule has 0 aliphatic heterocycles. The van der Waals surface area contributed by atoms with E-state index in [2.05, 4.69) is 10.1 Å². The first-order valence-electron chi connectivity index (χ1n) is 5.64. The Morgan fingerprint density at radius 1 is 1.45 bits per heavy atom. The molecule has 106 valence electrons. The molecule has 2 aromatic rings. The average molecular weight is 296 g/mol. The van der Waals surface area contributed by atoms with E-state index in [4.69, 9.17) is 9.88 Å². The van der Waals surface area contributed by atoms with E-state index in [9.17, 15) is 13.2 Å². The van der Waals surface area contributed by atoms with Gasteiger partial charge >= 0.3 is 5.97 Å². The van der Waals surface area contributed by atoms with Crippen molar-refractivity contribution in [3.63, 3.8) is 0 Å². The normalized spacial score (nSPS) is 11.3. The lowest BCUT2D eigenvalue weighted by molar-refractivity contribution is 0.0522. The van der Waals surface area contributed by atoms with Gasteiger partial charge in [-0.1, -0.05) is 6.07 Å². The molecule has 8 nitrogen and oxygen atoms in total. The lowest BCUT2D eigenvalue weighted by atomic mass is 10.4. The first-order chi connectivity index (χ1) is 9.43. The molecule has 0 aliphatic carbocycles. The van der Waals surface area contributed by atoms with Crippen molar-refractivity contribution in [3.8, 4) is 5.82 Å². The number of primary sulfonamides is 1. The molecule has 0 amide bonds. The SMILES string of the molecule is CCOC(=O)c1cn(-c2ccccn2)nc1S(N)(=O)=O. The van der Waals surface area contributed by atoms with Crippen molar-refractivity contribution < 1.29 is 17.9 Å². The summed E-state index contributed by atoms with van der Waals surface area (Å²) in [6, 6.07) is 5.00. The van der Waals surface area contributed by atoms with Gasteiger partial charge in [0.15, 0.2) is 5.82 Å². The average Bonchev–Trinajstić information content (AvgIpc) is 2.85. The highest BCUT2D eigenvalue weighted by molar-refractivity contribution is 7.89. The maximum Gasteiger partial charge on any atom is 0.342 e.